The second kappa shape index (κ2) is 10.3. The first-order valence-corrected chi connectivity index (χ1v) is 10.6. The van der Waals surface area contributed by atoms with Crippen molar-refractivity contribution in [1.82, 2.24) is 0 Å². The van der Waals surface area contributed by atoms with Crippen LogP contribution in [0.15, 0.2) is 48.1 Å². The lowest BCUT2D eigenvalue weighted by atomic mass is 9.91. The number of carbonyl (C=O) groups excluding carboxylic acids is 1. The molecule has 162 valence electrons. The van der Waals surface area contributed by atoms with Crippen molar-refractivity contribution in [3.63, 3.8) is 0 Å². The zero-order valence-corrected chi connectivity index (χ0v) is 19.3. The molecule has 0 radical (unpaired) electrons. The summed E-state index contributed by atoms with van der Waals surface area (Å²) < 4.78 is 17.1. The summed E-state index contributed by atoms with van der Waals surface area (Å²) in [7, 11) is 0. The largest absolute Gasteiger partial charge is 0.493 e. The van der Waals surface area contributed by atoms with Crippen LogP contribution < -0.4 is 9.47 Å². The molecule has 0 unspecified atom stereocenters. The molecule has 1 aliphatic heterocycles. The molecule has 1 aromatic rings. The summed E-state index contributed by atoms with van der Waals surface area (Å²) in [5, 5.41) is 0. The molecular formula is C26H34O4. The van der Waals surface area contributed by atoms with Crippen molar-refractivity contribution in [3.05, 3.63) is 59.2 Å². The lowest BCUT2D eigenvalue weighted by Gasteiger charge is -2.31. The summed E-state index contributed by atoms with van der Waals surface area (Å²) in [6.45, 7) is 15.0. The van der Waals surface area contributed by atoms with Gasteiger partial charge in [-0.05, 0) is 76.8 Å². The lowest BCUT2D eigenvalue weighted by molar-refractivity contribution is -0.137. The van der Waals surface area contributed by atoms with Gasteiger partial charge in [-0.3, -0.25) is 0 Å². The maximum Gasteiger partial charge on any atom is 0.330 e. The summed E-state index contributed by atoms with van der Waals surface area (Å²) >= 11 is 0. The number of esters is 1. The minimum Gasteiger partial charge on any atom is -0.493 e. The number of ether oxygens (including phenoxy) is 3. The molecule has 30 heavy (non-hydrogen) atoms. The van der Waals surface area contributed by atoms with Crippen LogP contribution in [0.1, 0.15) is 66.0 Å². The maximum atomic E-state index is 11.6. The second-order valence-electron chi connectivity index (χ2n) is 7.86. The molecule has 4 heteroatoms. The molecule has 1 heterocycles. The number of benzene rings is 1. The predicted molar refractivity (Wildman–Crippen MR) is 124 cm³/mol. The third kappa shape index (κ3) is 6.12. The maximum absolute atomic E-state index is 11.6. The van der Waals surface area contributed by atoms with Crippen LogP contribution in [0.25, 0.3) is 11.1 Å². The highest BCUT2D eigenvalue weighted by atomic mass is 16.5. The van der Waals surface area contributed by atoms with Gasteiger partial charge in [0.2, 0.25) is 0 Å². The third-order valence-electron chi connectivity index (χ3n) is 4.76. The summed E-state index contributed by atoms with van der Waals surface area (Å²) in [4.78, 5) is 11.6. The molecule has 0 aromatic heterocycles. The Morgan fingerprint density at radius 2 is 1.90 bits per heavy atom. The van der Waals surface area contributed by atoms with E-state index < -0.39 is 0 Å². The number of allylic oxidation sites excluding steroid dienone is 6. The Kier molecular flexibility index (Phi) is 8.10. The van der Waals surface area contributed by atoms with Gasteiger partial charge < -0.3 is 14.2 Å². The van der Waals surface area contributed by atoms with Crippen LogP contribution in [0.3, 0.4) is 0 Å². The van der Waals surface area contributed by atoms with E-state index in [9.17, 15) is 4.79 Å². The Balaban J connectivity index is 2.42. The topological polar surface area (TPSA) is 44.8 Å². The second-order valence-corrected chi connectivity index (χ2v) is 7.86. The summed E-state index contributed by atoms with van der Waals surface area (Å²) in [5.41, 5.74) is 5.01. The van der Waals surface area contributed by atoms with E-state index in [0.717, 1.165) is 40.2 Å². The summed E-state index contributed by atoms with van der Waals surface area (Å²) in [6, 6.07) is 4.16. The van der Waals surface area contributed by atoms with E-state index in [1.165, 1.54) is 11.6 Å². The number of hydrogen-bond acceptors (Lipinski definition) is 4. The van der Waals surface area contributed by atoms with Gasteiger partial charge in [-0.25, -0.2) is 4.79 Å². The van der Waals surface area contributed by atoms with E-state index in [0.29, 0.717) is 13.2 Å². The quantitative estimate of drug-likeness (QED) is 0.278. The third-order valence-corrected chi connectivity index (χ3v) is 4.76. The van der Waals surface area contributed by atoms with Crippen LogP contribution in [0.4, 0.5) is 0 Å². The number of carbonyl (C=O) groups is 1. The molecule has 0 N–H and O–H groups in total. The van der Waals surface area contributed by atoms with Gasteiger partial charge in [0.1, 0.15) is 17.1 Å². The normalized spacial score (nSPS) is 16.0. The van der Waals surface area contributed by atoms with Crippen molar-refractivity contribution >= 4 is 17.1 Å². The van der Waals surface area contributed by atoms with Gasteiger partial charge in [-0.2, -0.15) is 0 Å². The van der Waals surface area contributed by atoms with Crippen LogP contribution in [-0.4, -0.2) is 24.8 Å². The van der Waals surface area contributed by atoms with Crippen molar-refractivity contribution in [1.29, 1.82) is 0 Å². The van der Waals surface area contributed by atoms with E-state index in [2.05, 4.69) is 45.9 Å². The average molecular weight is 411 g/mol. The van der Waals surface area contributed by atoms with Gasteiger partial charge in [0.05, 0.1) is 13.2 Å². The standard InChI is InChI=1S/C26H34O4/c1-8-20(13-11-12-18(4)14-25(27)29-10-3)22-15-21-19(5)17-26(6,7)30-24(21)16-23(22)28-9-2/h11-17H,8-10H2,1-7H3/b12-11+,18-14+,20-13-. The first kappa shape index (κ1) is 23.5. The molecule has 0 bridgehead atoms. The van der Waals surface area contributed by atoms with Gasteiger partial charge in [0.15, 0.2) is 0 Å². The zero-order valence-electron chi connectivity index (χ0n) is 19.3. The number of hydrogen-bond donors (Lipinski definition) is 0. The van der Waals surface area contributed by atoms with Gasteiger partial charge in [-0.15, -0.1) is 0 Å². The first-order valence-electron chi connectivity index (χ1n) is 10.6. The molecule has 2 rings (SSSR count). The Bertz CT molecular complexity index is 898. The van der Waals surface area contributed by atoms with Crippen LogP contribution in [-0.2, 0) is 9.53 Å². The average Bonchev–Trinajstić information content (AvgIpc) is 2.64. The van der Waals surface area contributed by atoms with Crippen molar-refractivity contribution < 1.29 is 19.0 Å². The highest BCUT2D eigenvalue weighted by Crippen LogP contribution is 2.42. The predicted octanol–water partition coefficient (Wildman–Crippen LogP) is 6.52. The molecule has 1 aromatic carbocycles. The summed E-state index contributed by atoms with van der Waals surface area (Å²) in [5.74, 6) is 1.35. The molecule has 0 aliphatic carbocycles. The highest BCUT2D eigenvalue weighted by Gasteiger charge is 2.26. The fraction of sp³-hybridized carbons (Fsp3) is 0.423. The Morgan fingerprint density at radius 3 is 2.53 bits per heavy atom. The van der Waals surface area contributed by atoms with E-state index in [1.807, 2.05) is 32.1 Å². The molecular weight excluding hydrogens is 376 g/mol. The van der Waals surface area contributed by atoms with Crippen molar-refractivity contribution in [2.24, 2.45) is 0 Å². The van der Waals surface area contributed by atoms with E-state index in [1.54, 1.807) is 6.92 Å². The van der Waals surface area contributed by atoms with Gasteiger partial charge in [0, 0.05) is 23.3 Å². The molecule has 0 atom stereocenters. The SMILES string of the molecule is CCOC(=O)/C=C(C)/C=C/C=C(/CC)c1cc2c(cc1OCC)OC(C)(C)C=C2C. The minimum absolute atomic E-state index is 0.321. The fourth-order valence-corrected chi connectivity index (χ4v) is 3.52. The molecule has 0 fully saturated rings. The smallest absolute Gasteiger partial charge is 0.330 e. The van der Waals surface area contributed by atoms with Gasteiger partial charge in [-0.1, -0.05) is 25.2 Å². The lowest BCUT2D eigenvalue weighted by Crippen LogP contribution is -2.28. The van der Waals surface area contributed by atoms with Gasteiger partial charge in [0.25, 0.3) is 0 Å². The highest BCUT2D eigenvalue weighted by molar-refractivity contribution is 5.83. The van der Waals surface area contributed by atoms with Gasteiger partial charge >= 0.3 is 5.97 Å². The molecule has 4 nitrogen and oxygen atoms in total. The molecule has 0 spiro atoms. The Labute approximate surface area is 180 Å². The minimum atomic E-state index is -0.336. The van der Waals surface area contributed by atoms with Crippen LogP contribution >= 0.6 is 0 Å². The van der Waals surface area contributed by atoms with Crippen LogP contribution in [0, 0.1) is 0 Å². The summed E-state index contributed by atoms with van der Waals surface area (Å²) in [6.07, 6.45) is 10.4. The zero-order chi connectivity index (χ0) is 22.3. The van der Waals surface area contributed by atoms with Crippen LogP contribution in [0.2, 0.25) is 0 Å². The van der Waals surface area contributed by atoms with Crippen LogP contribution in [0.5, 0.6) is 11.5 Å². The molecule has 0 saturated carbocycles. The molecule has 0 amide bonds. The fourth-order valence-electron chi connectivity index (χ4n) is 3.52. The monoisotopic (exact) mass is 410 g/mol. The van der Waals surface area contributed by atoms with Crippen molar-refractivity contribution in [2.75, 3.05) is 13.2 Å². The van der Waals surface area contributed by atoms with E-state index in [4.69, 9.17) is 14.2 Å². The number of fused-ring (bicyclic) bond motifs is 1. The Hall–Kier alpha value is -2.75. The Morgan fingerprint density at radius 1 is 1.17 bits per heavy atom. The molecule has 1 aliphatic rings. The molecule has 0 saturated heterocycles. The van der Waals surface area contributed by atoms with E-state index in [-0.39, 0.29) is 11.6 Å². The first-order chi connectivity index (χ1) is 14.2. The number of rotatable bonds is 8. The van der Waals surface area contributed by atoms with Crippen molar-refractivity contribution in [3.8, 4) is 11.5 Å². The van der Waals surface area contributed by atoms with E-state index >= 15 is 0 Å². The van der Waals surface area contributed by atoms with Crippen molar-refractivity contribution in [2.45, 2.75) is 60.5 Å².